The summed E-state index contributed by atoms with van der Waals surface area (Å²) in [7, 11) is 0. The largest absolute Gasteiger partial charge is 0.423 e. The summed E-state index contributed by atoms with van der Waals surface area (Å²) in [5.41, 5.74) is 1.64. The van der Waals surface area contributed by atoms with Crippen LogP contribution in [-0.4, -0.2) is 12.2 Å². The van der Waals surface area contributed by atoms with Gasteiger partial charge in [0.2, 0.25) is 0 Å². The van der Waals surface area contributed by atoms with Gasteiger partial charge in [-0.05, 0) is 6.07 Å². The number of hydrogen-bond acceptors (Lipinski definition) is 3. The molecule has 0 amide bonds. The van der Waals surface area contributed by atoms with Crippen molar-refractivity contribution in [2.24, 2.45) is 4.99 Å². The molecular formula is C11H7NO2. The quantitative estimate of drug-likeness (QED) is 0.455. The summed E-state index contributed by atoms with van der Waals surface area (Å²) < 4.78 is 5.16. The Morgan fingerprint density at radius 1 is 1.29 bits per heavy atom. The van der Waals surface area contributed by atoms with Crippen molar-refractivity contribution in [3.05, 3.63) is 41.6 Å². The van der Waals surface area contributed by atoms with Crippen LogP contribution in [0.25, 0.3) is 0 Å². The molecule has 0 saturated heterocycles. The number of aliphatic imine (C=N–C) groups is 1. The molecule has 0 bridgehead atoms. The third kappa shape index (κ3) is 0.865. The highest BCUT2D eigenvalue weighted by molar-refractivity contribution is 6.01. The van der Waals surface area contributed by atoms with Crippen LogP contribution in [0.2, 0.25) is 0 Å². The molecule has 0 spiro atoms. The lowest BCUT2D eigenvalue weighted by Crippen LogP contribution is -2.22. The number of hydrogen-bond donors (Lipinski definition) is 0. The van der Waals surface area contributed by atoms with E-state index in [9.17, 15) is 4.79 Å². The van der Waals surface area contributed by atoms with Gasteiger partial charge in [0.25, 0.3) is 0 Å². The Morgan fingerprint density at radius 2 is 2.14 bits per heavy atom. The number of ether oxygens (including phenoxy) is 1. The first-order valence-electron chi connectivity index (χ1n) is 4.41. The monoisotopic (exact) mass is 185 g/mol. The van der Waals surface area contributed by atoms with Crippen LogP contribution in [-0.2, 0) is 4.79 Å². The van der Waals surface area contributed by atoms with E-state index in [0.29, 0.717) is 11.3 Å². The van der Waals surface area contributed by atoms with Crippen molar-refractivity contribution in [2.75, 3.05) is 0 Å². The van der Waals surface area contributed by atoms with Gasteiger partial charge >= 0.3 is 5.97 Å². The van der Waals surface area contributed by atoms with E-state index in [0.717, 1.165) is 5.56 Å². The smallest absolute Gasteiger partial charge is 0.342 e. The van der Waals surface area contributed by atoms with E-state index in [1.807, 2.05) is 18.2 Å². The molecule has 1 unspecified atom stereocenters. The molecule has 68 valence electrons. The van der Waals surface area contributed by atoms with Crippen molar-refractivity contribution in [3.8, 4) is 5.75 Å². The van der Waals surface area contributed by atoms with Gasteiger partial charge in [-0.25, -0.2) is 4.79 Å². The molecule has 2 aliphatic rings. The second-order valence-corrected chi connectivity index (χ2v) is 3.29. The summed E-state index contributed by atoms with van der Waals surface area (Å²) in [4.78, 5) is 15.5. The average molecular weight is 185 g/mol. The number of fused-ring (bicyclic) bond motifs is 3. The van der Waals surface area contributed by atoms with Gasteiger partial charge in [0.05, 0.1) is 11.5 Å². The fourth-order valence-electron chi connectivity index (χ4n) is 1.79. The van der Waals surface area contributed by atoms with Gasteiger partial charge in [-0.1, -0.05) is 18.2 Å². The summed E-state index contributed by atoms with van der Waals surface area (Å²) >= 11 is 0. The van der Waals surface area contributed by atoms with E-state index < -0.39 is 0 Å². The first-order valence-corrected chi connectivity index (χ1v) is 4.41. The highest BCUT2D eigenvalue weighted by Crippen LogP contribution is 2.37. The minimum Gasteiger partial charge on any atom is -0.423 e. The summed E-state index contributed by atoms with van der Waals surface area (Å²) in [6.45, 7) is 0. The standard InChI is InChI=1S/C11H7NO2/c13-11-9-6-12-5-8(9)7-3-1-2-4-10(7)14-11/h1-6,8H. The second-order valence-electron chi connectivity index (χ2n) is 3.29. The fraction of sp³-hybridized carbons (Fsp3) is 0.0909. The molecular weight excluding hydrogens is 178 g/mol. The van der Waals surface area contributed by atoms with E-state index in [4.69, 9.17) is 4.74 Å². The SMILES string of the molecule is O=C1Oc2ccccc2C2C=NC=C12. The molecule has 0 radical (unpaired) electrons. The van der Waals surface area contributed by atoms with Gasteiger partial charge < -0.3 is 4.74 Å². The molecule has 1 aromatic carbocycles. The molecule has 2 aliphatic heterocycles. The number of nitrogens with zero attached hydrogens (tertiary/aromatic N) is 1. The molecule has 1 aromatic rings. The van der Waals surface area contributed by atoms with Crippen LogP contribution >= 0.6 is 0 Å². The maximum absolute atomic E-state index is 11.5. The lowest BCUT2D eigenvalue weighted by Gasteiger charge is -2.21. The van der Waals surface area contributed by atoms with Crippen LogP contribution < -0.4 is 4.74 Å². The van der Waals surface area contributed by atoms with Crippen molar-refractivity contribution < 1.29 is 9.53 Å². The van der Waals surface area contributed by atoms with Gasteiger partial charge in [0.1, 0.15) is 5.75 Å². The Morgan fingerprint density at radius 3 is 3.07 bits per heavy atom. The summed E-state index contributed by atoms with van der Waals surface area (Å²) in [6, 6.07) is 7.54. The third-order valence-corrected chi connectivity index (χ3v) is 2.48. The van der Waals surface area contributed by atoms with Crippen LogP contribution in [0.1, 0.15) is 11.5 Å². The van der Waals surface area contributed by atoms with Gasteiger partial charge in [-0.15, -0.1) is 0 Å². The zero-order valence-electron chi connectivity index (χ0n) is 7.31. The molecule has 0 aromatic heterocycles. The molecule has 0 N–H and O–H groups in total. The number of para-hydroxylation sites is 1. The number of carbonyl (C=O) groups excluding carboxylic acids is 1. The number of carbonyl (C=O) groups is 1. The predicted octanol–water partition coefficient (Wildman–Crippen LogP) is 1.66. The lowest BCUT2D eigenvalue weighted by molar-refractivity contribution is -0.130. The zero-order valence-corrected chi connectivity index (χ0v) is 7.31. The normalized spacial score (nSPS) is 22.4. The molecule has 1 atom stereocenters. The van der Waals surface area contributed by atoms with Crippen LogP contribution in [0.4, 0.5) is 0 Å². The van der Waals surface area contributed by atoms with Crippen LogP contribution in [0.3, 0.4) is 0 Å². The minimum absolute atomic E-state index is 0.00699. The van der Waals surface area contributed by atoms with Gasteiger partial charge in [-0.3, -0.25) is 4.99 Å². The molecule has 14 heavy (non-hydrogen) atoms. The predicted molar refractivity (Wildman–Crippen MR) is 51.4 cm³/mol. The van der Waals surface area contributed by atoms with E-state index in [1.165, 1.54) is 0 Å². The van der Waals surface area contributed by atoms with E-state index >= 15 is 0 Å². The zero-order chi connectivity index (χ0) is 9.54. The highest BCUT2D eigenvalue weighted by Gasteiger charge is 2.32. The van der Waals surface area contributed by atoms with E-state index in [-0.39, 0.29) is 11.9 Å². The number of esters is 1. The fourth-order valence-corrected chi connectivity index (χ4v) is 1.79. The molecule has 0 fully saturated rings. The number of rotatable bonds is 0. The highest BCUT2D eigenvalue weighted by atomic mass is 16.5. The minimum atomic E-state index is -0.286. The maximum Gasteiger partial charge on any atom is 0.342 e. The summed E-state index contributed by atoms with van der Waals surface area (Å²) in [5.74, 6) is 0.353. The van der Waals surface area contributed by atoms with Crippen molar-refractivity contribution in [3.63, 3.8) is 0 Å². The lowest BCUT2D eigenvalue weighted by atomic mass is 9.91. The average Bonchev–Trinajstić information content (AvgIpc) is 2.67. The molecule has 0 saturated carbocycles. The molecule has 0 aliphatic carbocycles. The van der Waals surface area contributed by atoms with E-state index in [1.54, 1.807) is 18.5 Å². The molecule has 2 heterocycles. The summed E-state index contributed by atoms with van der Waals surface area (Å²) in [5, 5.41) is 0. The van der Waals surface area contributed by atoms with Crippen molar-refractivity contribution in [2.45, 2.75) is 5.92 Å². The van der Waals surface area contributed by atoms with Crippen LogP contribution in [0.5, 0.6) is 5.75 Å². The maximum atomic E-state index is 11.5. The Balaban J connectivity index is 2.22. The van der Waals surface area contributed by atoms with Crippen molar-refractivity contribution in [1.29, 1.82) is 0 Å². The van der Waals surface area contributed by atoms with Gasteiger partial charge in [0, 0.05) is 18.0 Å². The van der Waals surface area contributed by atoms with Crippen LogP contribution in [0.15, 0.2) is 41.0 Å². The Labute approximate surface area is 80.7 Å². The van der Waals surface area contributed by atoms with Crippen molar-refractivity contribution >= 4 is 12.2 Å². The Hall–Kier alpha value is -1.90. The van der Waals surface area contributed by atoms with Crippen molar-refractivity contribution in [1.82, 2.24) is 0 Å². The summed E-state index contributed by atoms with van der Waals surface area (Å²) in [6.07, 6.45) is 3.34. The Kier molecular flexibility index (Phi) is 1.36. The molecule has 3 nitrogen and oxygen atoms in total. The molecule has 3 heteroatoms. The van der Waals surface area contributed by atoms with E-state index in [2.05, 4.69) is 4.99 Å². The first kappa shape index (κ1) is 7.50. The molecule has 3 rings (SSSR count). The topological polar surface area (TPSA) is 38.7 Å². The van der Waals surface area contributed by atoms with Crippen LogP contribution in [0, 0.1) is 0 Å². The van der Waals surface area contributed by atoms with Gasteiger partial charge in [-0.2, -0.15) is 0 Å². The number of benzene rings is 1. The van der Waals surface area contributed by atoms with Gasteiger partial charge in [0.15, 0.2) is 0 Å². The second kappa shape index (κ2) is 2.54. The first-order chi connectivity index (χ1) is 6.86. The Bertz CT molecular complexity index is 474. The third-order valence-electron chi connectivity index (χ3n) is 2.48.